The summed E-state index contributed by atoms with van der Waals surface area (Å²) in [7, 11) is 0. The lowest BCUT2D eigenvalue weighted by Gasteiger charge is -2.19. The standard InChI is InChI=1S/C15H8O5/c16-6-7-4-5-9-12(13(7)18)15(20)11-8(14(9)19)2-1-3-10(11)17/h1-6,17-18H. The van der Waals surface area contributed by atoms with E-state index >= 15 is 0 Å². The number of fused-ring (bicyclic) bond motifs is 2. The van der Waals surface area contributed by atoms with Gasteiger partial charge in [0.05, 0.1) is 16.7 Å². The number of aromatic hydroxyl groups is 2. The summed E-state index contributed by atoms with van der Waals surface area (Å²) >= 11 is 0. The summed E-state index contributed by atoms with van der Waals surface area (Å²) in [6.45, 7) is 0. The number of carbonyl (C=O) groups is 3. The monoisotopic (exact) mass is 268 g/mol. The van der Waals surface area contributed by atoms with Gasteiger partial charge in [-0.25, -0.2) is 0 Å². The maximum atomic E-state index is 12.4. The number of aldehydes is 1. The van der Waals surface area contributed by atoms with Crippen molar-refractivity contribution in [3.8, 4) is 11.5 Å². The molecule has 0 saturated carbocycles. The molecule has 0 spiro atoms. The van der Waals surface area contributed by atoms with Crippen LogP contribution in [0.4, 0.5) is 0 Å². The molecule has 0 heterocycles. The zero-order valence-corrected chi connectivity index (χ0v) is 10.1. The van der Waals surface area contributed by atoms with Gasteiger partial charge in [0.25, 0.3) is 0 Å². The molecule has 3 rings (SSSR count). The Morgan fingerprint density at radius 1 is 0.850 bits per heavy atom. The second kappa shape index (κ2) is 4.03. The molecule has 1 aliphatic carbocycles. The molecule has 0 unspecified atom stereocenters. The maximum Gasteiger partial charge on any atom is 0.201 e. The maximum absolute atomic E-state index is 12.4. The molecular formula is C15H8O5. The van der Waals surface area contributed by atoms with Crippen LogP contribution in [-0.2, 0) is 0 Å². The SMILES string of the molecule is O=Cc1ccc2c(c1O)C(=O)c1c(O)cccc1C2=O. The number of ketones is 2. The number of carbonyl (C=O) groups excluding carboxylic acids is 3. The van der Waals surface area contributed by atoms with Crippen molar-refractivity contribution in [1.82, 2.24) is 0 Å². The normalized spacial score (nSPS) is 12.8. The molecule has 0 bridgehead atoms. The first-order valence-electron chi connectivity index (χ1n) is 5.78. The average molecular weight is 268 g/mol. The van der Waals surface area contributed by atoms with Crippen molar-refractivity contribution in [2.75, 3.05) is 0 Å². The van der Waals surface area contributed by atoms with Crippen LogP contribution in [0.2, 0.25) is 0 Å². The minimum Gasteiger partial charge on any atom is -0.507 e. The number of hydrogen-bond acceptors (Lipinski definition) is 5. The lowest BCUT2D eigenvalue weighted by molar-refractivity contribution is 0.0973. The van der Waals surface area contributed by atoms with E-state index in [1.807, 2.05) is 0 Å². The molecule has 2 aromatic rings. The fourth-order valence-electron chi connectivity index (χ4n) is 2.36. The van der Waals surface area contributed by atoms with Crippen molar-refractivity contribution in [3.05, 3.63) is 58.1 Å². The van der Waals surface area contributed by atoms with E-state index in [2.05, 4.69) is 0 Å². The minimum atomic E-state index is -0.672. The summed E-state index contributed by atoms with van der Waals surface area (Å²) in [6, 6.07) is 6.79. The molecule has 2 aromatic carbocycles. The van der Waals surface area contributed by atoms with Crippen molar-refractivity contribution in [3.63, 3.8) is 0 Å². The third-order valence-electron chi connectivity index (χ3n) is 3.32. The van der Waals surface area contributed by atoms with Crippen molar-refractivity contribution >= 4 is 17.9 Å². The van der Waals surface area contributed by atoms with Crippen LogP contribution in [0.5, 0.6) is 11.5 Å². The second-order valence-electron chi connectivity index (χ2n) is 4.40. The van der Waals surface area contributed by atoms with Crippen LogP contribution >= 0.6 is 0 Å². The molecule has 0 radical (unpaired) electrons. The Morgan fingerprint density at radius 2 is 1.55 bits per heavy atom. The van der Waals surface area contributed by atoms with Crippen LogP contribution in [0.3, 0.4) is 0 Å². The van der Waals surface area contributed by atoms with Gasteiger partial charge in [-0.05, 0) is 18.2 Å². The second-order valence-corrected chi connectivity index (χ2v) is 4.40. The highest BCUT2D eigenvalue weighted by Gasteiger charge is 2.34. The van der Waals surface area contributed by atoms with Crippen molar-refractivity contribution in [2.45, 2.75) is 0 Å². The van der Waals surface area contributed by atoms with E-state index in [-0.39, 0.29) is 33.6 Å². The largest absolute Gasteiger partial charge is 0.507 e. The summed E-state index contributed by atoms with van der Waals surface area (Å²) < 4.78 is 0. The first-order valence-corrected chi connectivity index (χ1v) is 5.78. The molecule has 5 nitrogen and oxygen atoms in total. The zero-order chi connectivity index (χ0) is 14.4. The van der Waals surface area contributed by atoms with Gasteiger partial charge in [-0.3, -0.25) is 14.4 Å². The zero-order valence-electron chi connectivity index (χ0n) is 10.1. The van der Waals surface area contributed by atoms with Crippen molar-refractivity contribution < 1.29 is 24.6 Å². The van der Waals surface area contributed by atoms with Gasteiger partial charge < -0.3 is 10.2 Å². The highest BCUT2D eigenvalue weighted by molar-refractivity contribution is 6.30. The van der Waals surface area contributed by atoms with E-state index < -0.39 is 17.3 Å². The highest BCUT2D eigenvalue weighted by atomic mass is 16.3. The summed E-state index contributed by atoms with van der Waals surface area (Å²) in [6.07, 6.45) is 0.397. The first kappa shape index (κ1) is 12.1. The van der Waals surface area contributed by atoms with E-state index in [0.29, 0.717) is 6.29 Å². The molecule has 20 heavy (non-hydrogen) atoms. The summed E-state index contributed by atoms with van der Waals surface area (Å²) in [5, 5.41) is 19.7. The molecular weight excluding hydrogens is 260 g/mol. The Morgan fingerprint density at radius 3 is 2.25 bits per heavy atom. The van der Waals surface area contributed by atoms with Gasteiger partial charge in [0.2, 0.25) is 5.78 Å². The molecule has 1 aliphatic rings. The molecule has 98 valence electrons. The van der Waals surface area contributed by atoms with Crippen LogP contribution in [0.25, 0.3) is 0 Å². The molecule has 2 N–H and O–H groups in total. The molecule has 0 fully saturated rings. The summed E-state index contributed by atoms with van der Waals surface area (Å²) in [5.74, 6) is -2.01. The minimum absolute atomic E-state index is 0.0243. The van der Waals surface area contributed by atoms with Gasteiger partial charge in [0, 0.05) is 11.1 Å². The number of phenols is 2. The molecule has 0 atom stereocenters. The molecule has 0 aromatic heterocycles. The van der Waals surface area contributed by atoms with E-state index in [1.54, 1.807) is 0 Å². The average Bonchev–Trinajstić information content (AvgIpc) is 2.44. The number of benzene rings is 2. The highest BCUT2D eigenvalue weighted by Crippen LogP contribution is 2.37. The third-order valence-corrected chi connectivity index (χ3v) is 3.32. The van der Waals surface area contributed by atoms with Gasteiger partial charge in [-0.1, -0.05) is 12.1 Å². The van der Waals surface area contributed by atoms with E-state index in [1.165, 1.54) is 30.3 Å². The van der Waals surface area contributed by atoms with Crippen molar-refractivity contribution in [1.29, 1.82) is 0 Å². The molecule has 0 aliphatic heterocycles. The van der Waals surface area contributed by atoms with E-state index in [9.17, 15) is 24.6 Å². The fraction of sp³-hybridized carbons (Fsp3) is 0. The Hall–Kier alpha value is -2.95. The van der Waals surface area contributed by atoms with Crippen LogP contribution in [-0.4, -0.2) is 28.1 Å². The first-order chi connectivity index (χ1) is 9.56. The predicted octanol–water partition coefficient (Wildman–Crippen LogP) is 1.69. The number of rotatable bonds is 1. The Kier molecular flexibility index (Phi) is 2.44. The van der Waals surface area contributed by atoms with Gasteiger partial charge in [-0.2, -0.15) is 0 Å². The number of hydrogen-bond donors (Lipinski definition) is 2. The van der Waals surface area contributed by atoms with Crippen molar-refractivity contribution in [2.24, 2.45) is 0 Å². The summed E-state index contributed by atoms with van der Waals surface area (Å²) in [5.41, 5.74) is -0.363. The van der Waals surface area contributed by atoms with Crippen LogP contribution < -0.4 is 0 Å². The number of phenolic OH excluding ortho intramolecular Hbond substituents is 2. The predicted molar refractivity (Wildman–Crippen MR) is 68.5 cm³/mol. The Balaban J connectivity index is 2.39. The van der Waals surface area contributed by atoms with Gasteiger partial charge in [-0.15, -0.1) is 0 Å². The summed E-state index contributed by atoms with van der Waals surface area (Å²) in [4.78, 5) is 35.5. The van der Waals surface area contributed by atoms with E-state index in [0.717, 1.165) is 0 Å². The third kappa shape index (κ3) is 1.40. The van der Waals surface area contributed by atoms with Gasteiger partial charge >= 0.3 is 0 Å². The fourth-order valence-corrected chi connectivity index (χ4v) is 2.36. The molecule has 5 heteroatoms. The lowest BCUT2D eigenvalue weighted by Crippen LogP contribution is -2.21. The van der Waals surface area contributed by atoms with E-state index in [4.69, 9.17) is 0 Å². The molecule has 0 saturated heterocycles. The Labute approximate surface area is 113 Å². The van der Waals surface area contributed by atoms with Crippen LogP contribution in [0.15, 0.2) is 30.3 Å². The van der Waals surface area contributed by atoms with Gasteiger partial charge in [0.15, 0.2) is 12.1 Å². The quantitative estimate of drug-likeness (QED) is 0.655. The molecule has 0 amide bonds. The lowest BCUT2D eigenvalue weighted by atomic mass is 9.82. The van der Waals surface area contributed by atoms with Crippen LogP contribution in [0.1, 0.15) is 42.2 Å². The topological polar surface area (TPSA) is 91.7 Å². The smallest absolute Gasteiger partial charge is 0.201 e. The van der Waals surface area contributed by atoms with Crippen LogP contribution in [0, 0.1) is 0 Å². The Bertz CT molecular complexity index is 789. The van der Waals surface area contributed by atoms with Gasteiger partial charge in [0.1, 0.15) is 11.5 Å².